The Balaban J connectivity index is 0. The Labute approximate surface area is 392 Å². The van der Waals surface area contributed by atoms with E-state index < -0.39 is 114 Å². The van der Waals surface area contributed by atoms with Gasteiger partial charge in [0, 0.05) is 32.5 Å². The fourth-order valence-electron chi connectivity index (χ4n) is 5.20. The van der Waals surface area contributed by atoms with Gasteiger partial charge in [0.05, 0.1) is 42.2 Å². The average Bonchev–Trinajstić information content (AvgIpc) is 3.57. The number of likely N-dealkylation sites (tertiary alicyclic amines) is 1. The van der Waals surface area contributed by atoms with Crippen LogP contribution in [0.25, 0.3) is 0 Å². The third kappa shape index (κ3) is 27.1. The van der Waals surface area contributed by atoms with E-state index in [1.54, 1.807) is 62.3 Å². The second kappa shape index (κ2) is 31.6. The number of nitrogens with one attached hydrogen (secondary N) is 2. The topological polar surface area (TPSA) is 282 Å². The van der Waals surface area contributed by atoms with Crippen LogP contribution >= 0.6 is 0 Å². The standard InChI is InChI=1S/C15H27NO7.C14H24FNO7.C14H23NO6/c1-7-8-22-11(13(18)21-6)9-10(12(17)20-5)16-14(19)23-15(2,3)4;1-14(2,3)23-13(19)16-9(11(17)20-4)8-10(12(18)21-5)22-7-6-15;1-6-7-20-10-8-9(12(17)19-5)15(11(10)16)13(18)21-14(2,3)4/h10-11H,7-9H2,1-6H3,(H,16,19);9-10H,6-8H2,1-5H3,(H,16,19);9-10H,6-8H2,1-5H3/t10?,11-;2*9?,10-/m000/s1/i;15-1;. The van der Waals surface area contributed by atoms with Crippen LogP contribution in [0.4, 0.5) is 18.8 Å². The molecule has 2 N–H and O–H groups in total. The fourth-order valence-corrected chi connectivity index (χ4v) is 5.20. The summed E-state index contributed by atoms with van der Waals surface area (Å²) in [6, 6.07) is -3.30. The number of carbonyl (C=O) groups excluding carboxylic acids is 9. The molecule has 1 aliphatic rings. The van der Waals surface area contributed by atoms with Crippen molar-refractivity contribution in [2.45, 2.75) is 162 Å². The van der Waals surface area contributed by atoms with Gasteiger partial charge in [-0.15, -0.1) is 0 Å². The number of nitrogens with zero attached hydrogens (tertiary/aromatic N) is 1. The minimum atomic E-state index is -1.23. The molecule has 23 nitrogen and oxygen atoms in total. The molecule has 0 aliphatic carbocycles. The first-order chi connectivity index (χ1) is 31.0. The van der Waals surface area contributed by atoms with Gasteiger partial charge >= 0.3 is 48.1 Å². The second-order valence-electron chi connectivity index (χ2n) is 17.2. The van der Waals surface area contributed by atoms with Crippen molar-refractivity contribution in [1.29, 1.82) is 0 Å². The van der Waals surface area contributed by atoms with E-state index >= 15 is 0 Å². The van der Waals surface area contributed by atoms with E-state index in [2.05, 4.69) is 34.3 Å². The molecular formula is C43H74FN3O20. The van der Waals surface area contributed by atoms with E-state index in [-0.39, 0.29) is 25.9 Å². The summed E-state index contributed by atoms with van der Waals surface area (Å²) in [5.74, 6) is -4.14. The lowest BCUT2D eigenvalue weighted by Crippen LogP contribution is -2.47. The highest BCUT2D eigenvalue weighted by Crippen LogP contribution is 2.26. The Morgan fingerprint density at radius 3 is 1.31 bits per heavy atom. The van der Waals surface area contributed by atoms with Crippen LogP contribution in [0.5, 0.6) is 0 Å². The van der Waals surface area contributed by atoms with Crippen molar-refractivity contribution >= 4 is 54.0 Å². The first-order valence-corrected chi connectivity index (χ1v) is 21.3. The SMILES string of the molecule is CCCO[C@@H](CC(NC(=O)OC(C)(C)C)C(=O)OC)C(=O)OC.CCCO[C@H]1CC(C(=O)OC)N(C(=O)OC(C)(C)C)C1=O.COC(=O)C(C[C@H](OCC[18F])C(=O)OC)NC(=O)OC(C)(C)C. The van der Waals surface area contributed by atoms with Gasteiger partial charge in [0.15, 0.2) is 12.2 Å². The quantitative estimate of drug-likeness (QED) is 0.129. The van der Waals surface area contributed by atoms with Crippen molar-refractivity contribution in [3.8, 4) is 0 Å². The highest BCUT2D eigenvalue weighted by atomic mass is 18.2. The van der Waals surface area contributed by atoms with Crippen LogP contribution in [0, 0.1) is 0 Å². The van der Waals surface area contributed by atoms with Crippen LogP contribution in [-0.2, 0) is 80.9 Å². The summed E-state index contributed by atoms with van der Waals surface area (Å²) in [6.07, 6.45) is -4.41. The zero-order valence-corrected chi connectivity index (χ0v) is 41.8. The normalized spacial score (nSPS) is 16.4. The molecule has 0 saturated carbocycles. The van der Waals surface area contributed by atoms with Crippen LogP contribution in [0.1, 0.15) is 108 Å². The van der Waals surface area contributed by atoms with Gasteiger partial charge < -0.3 is 62.7 Å². The van der Waals surface area contributed by atoms with Crippen LogP contribution in [0.2, 0.25) is 0 Å². The Bertz CT molecular complexity index is 1520. The molecule has 1 saturated heterocycles. The zero-order chi connectivity index (χ0) is 52.3. The minimum absolute atomic E-state index is 0.0880. The molecule has 0 bridgehead atoms. The van der Waals surface area contributed by atoms with E-state index in [1.807, 2.05) is 13.8 Å². The number of carbonyl (C=O) groups is 9. The van der Waals surface area contributed by atoms with Gasteiger partial charge in [0.2, 0.25) is 0 Å². The highest BCUT2D eigenvalue weighted by Gasteiger charge is 2.49. The van der Waals surface area contributed by atoms with E-state index in [4.69, 9.17) is 28.4 Å². The highest BCUT2D eigenvalue weighted by molar-refractivity contribution is 6.01. The lowest BCUT2D eigenvalue weighted by atomic mass is 10.1. The lowest BCUT2D eigenvalue weighted by Gasteiger charge is -2.26. The van der Waals surface area contributed by atoms with Crippen LogP contribution in [-0.4, -0.2) is 174 Å². The van der Waals surface area contributed by atoms with Crippen LogP contribution in [0.15, 0.2) is 0 Å². The van der Waals surface area contributed by atoms with Gasteiger partial charge in [-0.05, 0) is 75.2 Å². The molecule has 0 aromatic rings. The average molecular weight is 971 g/mol. The summed E-state index contributed by atoms with van der Waals surface area (Å²) in [5, 5.41) is 4.68. The third-order valence-electron chi connectivity index (χ3n) is 7.95. The summed E-state index contributed by atoms with van der Waals surface area (Å²) < 4.78 is 66.3. The molecule has 3 unspecified atom stereocenters. The number of halogens is 1. The van der Waals surface area contributed by atoms with Crippen LogP contribution < -0.4 is 10.6 Å². The minimum Gasteiger partial charge on any atom is -0.467 e. The molecule has 1 heterocycles. The predicted octanol–water partition coefficient (Wildman–Crippen LogP) is 3.87. The number of alkyl halides is 1. The molecule has 67 heavy (non-hydrogen) atoms. The molecular weight excluding hydrogens is 896 g/mol. The molecule has 6 atom stereocenters. The summed E-state index contributed by atoms with van der Waals surface area (Å²) in [6.45, 7) is 18.4. The number of alkyl carbamates (subject to hydrolysis) is 2. The Hall–Kier alpha value is -5.36. The van der Waals surface area contributed by atoms with Gasteiger partial charge in [0.1, 0.15) is 47.7 Å². The lowest BCUT2D eigenvalue weighted by molar-refractivity contribution is -0.157. The van der Waals surface area contributed by atoms with Crippen LogP contribution in [0.3, 0.4) is 0 Å². The molecule has 388 valence electrons. The maximum atomic E-state index is 12.3. The molecule has 0 aromatic carbocycles. The number of rotatable bonds is 20. The number of esters is 5. The predicted molar refractivity (Wildman–Crippen MR) is 233 cm³/mol. The third-order valence-corrected chi connectivity index (χ3v) is 7.95. The largest absolute Gasteiger partial charge is 0.467 e. The van der Waals surface area contributed by atoms with Gasteiger partial charge in [-0.1, -0.05) is 13.8 Å². The summed E-state index contributed by atoms with van der Waals surface area (Å²) >= 11 is 0. The molecule has 1 rings (SSSR count). The molecule has 4 amide bonds. The molecule has 24 heteroatoms. The number of hydrogen-bond acceptors (Lipinski definition) is 20. The van der Waals surface area contributed by atoms with E-state index in [1.165, 1.54) is 21.3 Å². The Morgan fingerprint density at radius 1 is 0.597 bits per heavy atom. The van der Waals surface area contributed by atoms with Gasteiger partial charge in [-0.25, -0.2) is 47.6 Å². The van der Waals surface area contributed by atoms with E-state index in [9.17, 15) is 47.5 Å². The molecule has 0 spiro atoms. The van der Waals surface area contributed by atoms with Crippen molar-refractivity contribution in [2.24, 2.45) is 0 Å². The zero-order valence-electron chi connectivity index (χ0n) is 41.8. The number of imide groups is 1. The summed E-state index contributed by atoms with van der Waals surface area (Å²) in [4.78, 5) is 108. The smallest absolute Gasteiger partial charge is 0.417 e. The van der Waals surface area contributed by atoms with Gasteiger partial charge in [-0.3, -0.25) is 4.79 Å². The number of hydrogen-bond donors (Lipinski definition) is 2. The first kappa shape index (κ1) is 63.7. The summed E-state index contributed by atoms with van der Waals surface area (Å²) in [7, 11) is 5.87. The first-order valence-electron chi connectivity index (χ1n) is 21.3. The maximum Gasteiger partial charge on any atom is 0.417 e. The Kier molecular flexibility index (Phi) is 30.0. The maximum absolute atomic E-state index is 12.3. The van der Waals surface area contributed by atoms with Crippen molar-refractivity contribution in [3.05, 3.63) is 0 Å². The number of ether oxygens (including phenoxy) is 11. The Morgan fingerprint density at radius 2 is 0.985 bits per heavy atom. The van der Waals surface area contributed by atoms with Crippen molar-refractivity contribution in [3.63, 3.8) is 0 Å². The van der Waals surface area contributed by atoms with Crippen molar-refractivity contribution in [2.75, 3.05) is 62.0 Å². The molecule has 1 aliphatic heterocycles. The van der Waals surface area contributed by atoms with E-state index in [0.29, 0.717) is 19.6 Å². The monoisotopic (exact) mass is 970 g/mol. The van der Waals surface area contributed by atoms with Gasteiger partial charge in [0.25, 0.3) is 5.91 Å². The molecule has 0 aromatic heterocycles. The van der Waals surface area contributed by atoms with Crippen molar-refractivity contribution in [1.82, 2.24) is 15.5 Å². The second-order valence-corrected chi connectivity index (χ2v) is 17.2. The number of methoxy groups -OCH3 is 5. The summed E-state index contributed by atoms with van der Waals surface area (Å²) in [5.41, 5.74) is -2.25. The molecule has 0 radical (unpaired) electrons. The molecule has 1 fully saturated rings. The fraction of sp³-hybridized carbons (Fsp3) is 0.791. The number of amides is 4. The van der Waals surface area contributed by atoms with E-state index in [0.717, 1.165) is 25.5 Å². The van der Waals surface area contributed by atoms with Gasteiger partial charge in [-0.2, -0.15) is 0 Å². The van der Waals surface area contributed by atoms with Crippen molar-refractivity contribution < 1.29 is 99.6 Å².